The first kappa shape index (κ1) is 24.5. The number of carbonyl (C=O) groups is 2. The summed E-state index contributed by atoms with van der Waals surface area (Å²) in [6.45, 7) is 2.05. The van der Waals surface area contributed by atoms with Gasteiger partial charge in [0, 0.05) is 24.0 Å². The molecule has 0 spiro atoms. The van der Waals surface area contributed by atoms with Gasteiger partial charge >= 0.3 is 0 Å². The molecule has 7 heteroatoms. The standard InChI is InChI=1S/C27H32FNO5/c1-2-22(30)20-12-18(23(31)10-6-7-11-25-32-15-19(29)16-33-25)13-21-26(17-8-4-3-5-9-17)24(14-28)34-27(20)21/h3-5,8-9,12-13,19,24-26H,2,6-7,10-11,14-16,29H2,1H3/t19?,24-,25?,26+/m1/s1. The highest BCUT2D eigenvalue weighted by molar-refractivity contribution is 6.04. The minimum absolute atomic E-state index is 0.0454. The average molecular weight is 470 g/mol. The number of benzene rings is 2. The van der Waals surface area contributed by atoms with E-state index in [0.29, 0.717) is 54.9 Å². The number of alkyl halides is 1. The fourth-order valence-corrected chi connectivity index (χ4v) is 4.63. The van der Waals surface area contributed by atoms with E-state index in [4.69, 9.17) is 19.9 Å². The molecule has 0 aliphatic carbocycles. The summed E-state index contributed by atoms with van der Waals surface area (Å²) in [5.74, 6) is -0.132. The van der Waals surface area contributed by atoms with Crippen molar-refractivity contribution < 1.29 is 28.2 Å². The molecule has 34 heavy (non-hydrogen) atoms. The molecule has 1 fully saturated rings. The molecule has 182 valence electrons. The number of hydrogen-bond donors (Lipinski definition) is 1. The van der Waals surface area contributed by atoms with Gasteiger partial charge in [-0.3, -0.25) is 9.59 Å². The molecule has 2 aromatic carbocycles. The normalized spacial score (nSPS) is 23.9. The van der Waals surface area contributed by atoms with Crippen LogP contribution in [0.2, 0.25) is 0 Å². The van der Waals surface area contributed by atoms with Crippen molar-refractivity contribution in [2.75, 3.05) is 19.9 Å². The summed E-state index contributed by atoms with van der Waals surface area (Å²) in [4.78, 5) is 25.8. The Kier molecular flexibility index (Phi) is 8.08. The third-order valence-electron chi connectivity index (χ3n) is 6.43. The van der Waals surface area contributed by atoms with Crippen LogP contribution in [0, 0.1) is 0 Å². The topological polar surface area (TPSA) is 87.9 Å². The van der Waals surface area contributed by atoms with E-state index in [1.807, 2.05) is 30.3 Å². The zero-order valence-electron chi connectivity index (χ0n) is 19.5. The zero-order chi connectivity index (χ0) is 24.1. The van der Waals surface area contributed by atoms with Gasteiger partial charge in [0.05, 0.1) is 30.7 Å². The van der Waals surface area contributed by atoms with Crippen LogP contribution in [-0.2, 0) is 9.47 Å². The van der Waals surface area contributed by atoms with E-state index in [-0.39, 0.29) is 36.2 Å². The monoisotopic (exact) mass is 469 g/mol. The molecule has 0 amide bonds. The van der Waals surface area contributed by atoms with E-state index in [1.165, 1.54) is 0 Å². The Hall–Kier alpha value is -2.61. The molecule has 0 radical (unpaired) electrons. The van der Waals surface area contributed by atoms with E-state index >= 15 is 0 Å². The molecule has 1 saturated heterocycles. The second-order valence-corrected chi connectivity index (χ2v) is 8.94. The lowest BCUT2D eigenvalue weighted by Gasteiger charge is -2.27. The van der Waals surface area contributed by atoms with Crippen LogP contribution in [0.5, 0.6) is 5.75 Å². The lowest BCUT2D eigenvalue weighted by atomic mass is 9.85. The van der Waals surface area contributed by atoms with Crippen LogP contribution in [-0.4, -0.2) is 49.9 Å². The lowest BCUT2D eigenvalue weighted by Crippen LogP contribution is -2.41. The average Bonchev–Trinajstić information content (AvgIpc) is 3.25. The van der Waals surface area contributed by atoms with Crippen LogP contribution in [0.4, 0.5) is 4.39 Å². The first-order valence-electron chi connectivity index (χ1n) is 12.0. The van der Waals surface area contributed by atoms with Crippen LogP contribution >= 0.6 is 0 Å². The third kappa shape index (κ3) is 5.37. The van der Waals surface area contributed by atoms with E-state index in [0.717, 1.165) is 12.0 Å². The van der Waals surface area contributed by atoms with Crippen molar-refractivity contribution in [1.29, 1.82) is 0 Å². The van der Waals surface area contributed by atoms with Gasteiger partial charge in [0.15, 0.2) is 17.9 Å². The Morgan fingerprint density at radius 1 is 1.06 bits per heavy atom. The number of Topliss-reactive ketones (excluding diaryl/α,β-unsaturated/α-hetero) is 2. The van der Waals surface area contributed by atoms with Gasteiger partial charge in [-0.15, -0.1) is 0 Å². The van der Waals surface area contributed by atoms with Crippen molar-refractivity contribution >= 4 is 11.6 Å². The number of halogens is 1. The smallest absolute Gasteiger partial charge is 0.166 e. The van der Waals surface area contributed by atoms with E-state index < -0.39 is 12.8 Å². The largest absolute Gasteiger partial charge is 0.486 e. The van der Waals surface area contributed by atoms with Gasteiger partial charge in [0.25, 0.3) is 0 Å². The summed E-state index contributed by atoms with van der Waals surface area (Å²) in [5, 5.41) is 0. The first-order chi connectivity index (χ1) is 16.5. The van der Waals surface area contributed by atoms with Crippen LogP contribution in [0.15, 0.2) is 42.5 Å². The lowest BCUT2D eigenvalue weighted by molar-refractivity contribution is -0.188. The Labute approximate surface area is 199 Å². The van der Waals surface area contributed by atoms with Crippen LogP contribution in [0.3, 0.4) is 0 Å². The van der Waals surface area contributed by atoms with Gasteiger partial charge in [0.1, 0.15) is 18.5 Å². The van der Waals surface area contributed by atoms with Gasteiger partial charge in [-0.05, 0) is 37.0 Å². The molecular weight excluding hydrogens is 437 g/mol. The summed E-state index contributed by atoms with van der Waals surface area (Å²) >= 11 is 0. The van der Waals surface area contributed by atoms with Crippen LogP contribution < -0.4 is 10.5 Å². The molecule has 0 saturated carbocycles. The second-order valence-electron chi connectivity index (χ2n) is 8.94. The van der Waals surface area contributed by atoms with Crippen molar-refractivity contribution in [3.8, 4) is 5.75 Å². The van der Waals surface area contributed by atoms with Gasteiger partial charge in [-0.25, -0.2) is 4.39 Å². The molecule has 6 nitrogen and oxygen atoms in total. The van der Waals surface area contributed by atoms with E-state index in [9.17, 15) is 14.0 Å². The maximum atomic E-state index is 13.9. The van der Waals surface area contributed by atoms with Gasteiger partial charge < -0.3 is 19.9 Å². The quantitative estimate of drug-likeness (QED) is 0.405. The molecule has 2 N–H and O–H groups in total. The summed E-state index contributed by atoms with van der Waals surface area (Å²) in [7, 11) is 0. The van der Waals surface area contributed by atoms with Crippen LogP contribution in [0.1, 0.15) is 76.8 Å². The summed E-state index contributed by atoms with van der Waals surface area (Å²) in [5.41, 5.74) is 8.19. The Balaban J connectivity index is 1.52. The van der Waals surface area contributed by atoms with Crippen molar-refractivity contribution in [2.24, 2.45) is 5.73 Å². The molecule has 2 aliphatic rings. The summed E-state index contributed by atoms with van der Waals surface area (Å²) in [6, 6.07) is 12.8. The van der Waals surface area contributed by atoms with Crippen molar-refractivity contribution in [1.82, 2.24) is 0 Å². The fraction of sp³-hybridized carbons (Fsp3) is 0.481. The molecule has 2 aromatic rings. The number of nitrogens with two attached hydrogens (primary N) is 1. The van der Waals surface area contributed by atoms with E-state index in [1.54, 1.807) is 19.1 Å². The number of hydrogen-bond acceptors (Lipinski definition) is 6. The van der Waals surface area contributed by atoms with Crippen molar-refractivity contribution in [3.63, 3.8) is 0 Å². The number of fused-ring (bicyclic) bond motifs is 1. The van der Waals surface area contributed by atoms with Gasteiger partial charge in [0.2, 0.25) is 0 Å². The number of carbonyl (C=O) groups excluding carboxylic acids is 2. The molecule has 2 atom stereocenters. The minimum atomic E-state index is -0.727. The Morgan fingerprint density at radius 3 is 2.47 bits per heavy atom. The maximum Gasteiger partial charge on any atom is 0.166 e. The number of rotatable bonds is 10. The molecule has 4 rings (SSSR count). The fourth-order valence-electron chi connectivity index (χ4n) is 4.63. The predicted molar refractivity (Wildman–Crippen MR) is 126 cm³/mol. The maximum absolute atomic E-state index is 13.9. The highest BCUT2D eigenvalue weighted by atomic mass is 19.1. The number of unbranched alkanes of at least 4 members (excludes halogenated alkanes) is 1. The summed E-state index contributed by atoms with van der Waals surface area (Å²) in [6.07, 6.45) is 1.76. The Bertz CT molecular complexity index is 1000. The zero-order valence-corrected chi connectivity index (χ0v) is 19.5. The third-order valence-corrected chi connectivity index (χ3v) is 6.43. The van der Waals surface area contributed by atoms with Crippen molar-refractivity contribution in [2.45, 2.75) is 63.4 Å². The van der Waals surface area contributed by atoms with Crippen LogP contribution in [0.25, 0.3) is 0 Å². The number of ether oxygens (including phenoxy) is 3. The molecule has 0 unspecified atom stereocenters. The summed E-state index contributed by atoms with van der Waals surface area (Å²) < 4.78 is 31.0. The molecule has 0 aromatic heterocycles. The SMILES string of the molecule is CCC(=O)c1cc(C(=O)CCCCC2OCC(N)CO2)cc2c1O[C@H](CF)[C@H]2c1ccccc1. The predicted octanol–water partition coefficient (Wildman–Crippen LogP) is 4.59. The highest BCUT2D eigenvalue weighted by Gasteiger charge is 2.38. The van der Waals surface area contributed by atoms with Gasteiger partial charge in [-0.2, -0.15) is 0 Å². The second kappa shape index (κ2) is 11.2. The van der Waals surface area contributed by atoms with E-state index in [2.05, 4.69) is 0 Å². The highest BCUT2D eigenvalue weighted by Crippen LogP contribution is 2.45. The molecular formula is C27H32FNO5. The minimum Gasteiger partial charge on any atom is -0.486 e. The molecule has 0 bridgehead atoms. The van der Waals surface area contributed by atoms with Crippen molar-refractivity contribution in [3.05, 3.63) is 64.7 Å². The Morgan fingerprint density at radius 2 is 1.79 bits per heavy atom. The molecule has 2 heterocycles. The first-order valence-corrected chi connectivity index (χ1v) is 12.0. The molecule has 2 aliphatic heterocycles. The number of ketones is 2. The van der Waals surface area contributed by atoms with Gasteiger partial charge in [-0.1, -0.05) is 37.3 Å².